The summed E-state index contributed by atoms with van der Waals surface area (Å²) in [7, 11) is 3.21. The Labute approximate surface area is 172 Å². The number of aryl methyl sites for hydroxylation is 1. The number of ether oxygens (including phenoxy) is 2. The van der Waals surface area contributed by atoms with E-state index in [9.17, 15) is 10.1 Å². The molecule has 0 saturated heterocycles. The van der Waals surface area contributed by atoms with Crippen LogP contribution < -0.4 is 14.8 Å². The number of hydrogen-bond acceptors (Lipinski definition) is 6. The number of nitriles is 1. The number of hydrogen-bond donors (Lipinski definition) is 1. The fourth-order valence-corrected chi connectivity index (χ4v) is 3.55. The number of thiazole rings is 1. The number of aromatic nitrogens is 2. The molecule has 0 atom stereocenters. The highest BCUT2D eigenvalue weighted by molar-refractivity contribution is 7.13. The van der Waals surface area contributed by atoms with Crippen LogP contribution in [0.15, 0.2) is 41.4 Å². The summed E-state index contributed by atoms with van der Waals surface area (Å²) in [6.07, 6.45) is 3.17. The average Bonchev–Trinajstić information content (AvgIpc) is 3.32. The second kappa shape index (κ2) is 8.63. The smallest absolute Gasteiger partial charge is 0.268 e. The number of nitrogens with zero attached hydrogens (tertiary/aromatic N) is 3. The molecule has 8 heteroatoms. The van der Waals surface area contributed by atoms with Gasteiger partial charge < -0.3 is 14.0 Å². The Kier molecular flexibility index (Phi) is 6.00. The molecule has 7 nitrogen and oxygen atoms in total. The summed E-state index contributed by atoms with van der Waals surface area (Å²) < 4.78 is 12.8. The Morgan fingerprint density at radius 3 is 2.69 bits per heavy atom. The Morgan fingerprint density at radius 1 is 1.28 bits per heavy atom. The summed E-state index contributed by atoms with van der Waals surface area (Å²) in [4.78, 5) is 16.4. The number of anilines is 1. The number of benzene rings is 1. The summed E-state index contributed by atoms with van der Waals surface area (Å²) in [5, 5.41) is 14.3. The minimum atomic E-state index is -0.494. The lowest BCUT2D eigenvalue weighted by molar-refractivity contribution is -0.112. The summed E-state index contributed by atoms with van der Waals surface area (Å²) >= 11 is 1.29. The summed E-state index contributed by atoms with van der Waals surface area (Å²) in [6.45, 7) is 3.87. The molecule has 0 aliphatic rings. The van der Waals surface area contributed by atoms with E-state index in [1.165, 1.54) is 11.3 Å². The summed E-state index contributed by atoms with van der Waals surface area (Å²) in [5.74, 6) is 0.891. The molecule has 0 unspecified atom stereocenters. The first-order chi connectivity index (χ1) is 14.0. The third kappa shape index (κ3) is 4.15. The van der Waals surface area contributed by atoms with E-state index in [1.807, 2.05) is 48.7 Å². The predicted molar refractivity (Wildman–Crippen MR) is 113 cm³/mol. The van der Waals surface area contributed by atoms with Gasteiger partial charge in [0, 0.05) is 29.0 Å². The fraction of sp³-hybridized carbons (Fsp3) is 0.190. The maximum Gasteiger partial charge on any atom is 0.268 e. The van der Waals surface area contributed by atoms with Gasteiger partial charge in [0.25, 0.3) is 5.91 Å². The van der Waals surface area contributed by atoms with Gasteiger partial charge in [-0.15, -0.1) is 11.3 Å². The summed E-state index contributed by atoms with van der Waals surface area (Å²) in [6, 6.07) is 9.44. The lowest BCUT2D eigenvalue weighted by atomic mass is 10.1. The topological polar surface area (TPSA) is 89.2 Å². The van der Waals surface area contributed by atoms with E-state index >= 15 is 0 Å². The molecule has 1 amide bonds. The van der Waals surface area contributed by atoms with Gasteiger partial charge in [-0.2, -0.15) is 5.26 Å². The van der Waals surface area contributed by atoms with Crippen molar-refractivity contribution < 1.29 is 14.3 Å². The van der Waals surface area contributed by atoms with Gasteiger partial charge in [0.2, 0.25) is 0 Å². The lowest BCUT2D eigenvalue weighted by Gasteiger charge is -2.15. The highest BCUT2D eigenvalue weighted by atomic mass is 32.1. The molecule has 0 spiro atoms. The van der Waals surface area contributed by atoms with E-state index in [2.05, 4.69) is 10.3 Å². The van der Waals surface area contributed by atoms with Crippen molar-refractivity contribution in [1.82, 2.24) is 9.55 Å². The summed E-state index contributed by atoms with van der Waals surface area (Å²) in [5.41, 5.74) is 3.37. The molecule has 0 fully saturated rings. The number of carbonyl (C=O) groups excluding carboxylic acids is 1. The van der Waals surface area contributed by atoms with Gasteiger partial charge in [-0.1, -0.05) is 0 Å². The van der Waals surface area contributed by atoms with Crippen LogP contribution in [0.3, 0.4) is 0 Å². The molecule has 1 aromatic carbocycles. The van der Waals surface area contributed by atoms with Gasteiger partial charge in [-0.05, 0) is 43.7 Å². The minimum absolute atomic E-state index is 0.00180. The first-order valence-corrected chi connectivity index (χ1v) is 9.60. The van der Waals surface area contributed by atoms with Crippen LogP contribution >= 0.6 is 11.3 Å². The van der Waals surface area contributed by atoms with Crippen molar-refractivity contribution in [3.8, 4) is 23.3 Å². The van der Waals surface area contributed by atoms with Crippen LogP contribution in [0.2, 0.25) is 0 Å². The van der Waals surface area contributed by atoms with Gasteiger partial charge in [0.15, 0.2) is 5.13 Å². The number of rotatable bonds is 6. The maximum absolute atomic E-state index is 12.4. The molecule has 2 aromatic heterocycles. The van der Waals surface area contributed by atoms with Crippen molar-refractivity contribution in [1.29, 1.82) is 5.26 Å². The standard InChI is InChI=1S/C21H20N4O3S/c1-13-9-15(10-16(12-22)20(26)24-21-23-7-8-29-21)14(2)25(13)18-11-17(27-3)5-6-19(18)28-4/h5-11H,1-4H3,(H,23,24,26)/b16-10-. The molecule has 148 valence electrons. The zero-order valence-corrected chi connectivity index (χ0v) is 17.3. The van der Waals surface area contributed by atoms with Gasteiger partial charge in [-0.3, -0.25) is 10.1 Å². The maximum atomic E-state index is 12.4. The molecular formula is C21H20N4O3S. The normalized spacial score (nSPS) is 11.1. The van der Waals surface area contributed by atoms with Gasteiger partial charge in [0.05, 0.1) is 19.9 Å². The highest BCUT2D eigenvalue weighted by Crippen LogP contribution is 2.32. The minimum Gasteiger partial charge on any atom is -0.497 e. The molecule has 0 bridgehead atoms. The lowest BCUT2D eigenvalue weighted by Crippen LogP contribution is -2.13. The third-order valence-electron chi connectivity index (χ3n) is 4.41. The van der Waals surface area contributed by atoms with Gasteiger partial charge in [-0.25, -0.2) is 4.98 Å². The van der Waals surface area contributed by atoms with Crippen molar-refractivity contribution in [2.45, 2.75) is 13.8 Å². The largest absolute Gasteiger partial charge is 0.497 e. The zero-order chi connectivity index (χ0) is 21.0. The number of amides is 1. The van der Waals surface area contributed by atoms with E-state index in [0.717, 1.165) is 22.6 Å². The number of nitrogens with one attached hydrogen (secondary N) is 1. The van der Waals surface area contributed by atoms with E-state index < -0.39 is 5.91 Å². The molecule has 0 aliphatic carbocycles. The number of carbonyl (C=O) groups is 1. The first-order valence-electron chi connectivity index (χ1n) is 8.72. The van der Waals surface area contributed by atoms with Gasteiger partial charge >= 0.3 is 0 Å². The molecule has 0 aliphatic heterocycles. The second-order valence-corrected chi connectivity index (χ2v) is 7.06. The molecule has 0 radical (unpaired) electrons. The number of methoxy groups -OCH3 is 2. The molecule has 29 heavy (non-hydrogen) atoms. The second-order valence-electron chi connectivity index (χ2n) is 6.16. The van der Waals surface area contributed by atoms with Crippen molar-refractivity contribution >= 4 is 28.5 Å². The Morgan fingerprint density at radius 2 is 2.07 bits per heavy atom. The predicted octanol–water partition coefficient (Wildman–Crippen LogP) is 4.11. The first kappa shape index (κ1) is 20.2. The van der Waals surface area contributed by atoms with Crippen molar-refractivity contribution in [2.75, 3.05) is 19.5 Å². The van der Waals surface area contributed by atoms with Crippen LogP contribution in [-0.2, 0) is 4.79 Å². The SMILES string of the molecule is COc1ccc(OC)c(-n2c(C)cc(/C=C(/C#N)C(=O)Nc3nccs3)c2C)c1. The van der Waals surface area contributed by atoms with Crippen LogP contribution in [0.25, 0.3) is 11.8 Å². The molecule has 0 saturated carbocycles. The Balaban J connectivity index is 2.02. The molecule has 1 N–H and O–H groups in total. The Hall–Kier alpha value is -3.57. The van der Waals surface area contributed by atoms with E-state index in [-0.39, 0.29) is 5.57 Å². The molecule has 3 aromatic rings. The van der Waals surface area contributed by atoms with Crippen LogP contribution in [0.5, 0.6) is 11.5 Å². The third-order valence-corrected chi connectivity index (χ3v) is 5.10. The van der Waals surface area contributed by atoms with Crippen LogP contribution in [-0.4, -0.2) is 29.7 Å². The molecule has 2 heterocycles. The fourth-order valence-electron chi connectivity index (χ4n) is 3.03. The van der Waals surface area contributed by atoms with Crippen molar-refractivity contribution in [3.63, 3.8) is 0 Å². The zero-order valence-electron chi connectivity index (χ0n) is 16.5. The van der Waals surface area contributed by atoms with Crippen molar-refractivity contribution in [2.24, 2.45) is 0 Å². The van der Waals surface area contributed by atoms with Crippen LogP contribution in [0.1, 0.15) is 17.0 Å². The van der Waals surface area contributed by atoms with E-state index in [4.69, 9.17) is 9.47 Å². The van der Waals surface area contributed by atoms with Crippen molar-refractivity contribution in [3.05, 3.63) is 58.4 Å². The quantitative estimate of drug-likeness (QED) is 0.490. The molecular weight excluding hydrogens is 388 g/mol. The highest BCUT2D eigenvalue weighted by Gasteiger charge is 2.17. The molecule has 3 rings (SSSR count). The Bertz CT molecular complexity index is 1110. The van der Waals surface area contributed by atoms with E-state index in [0.29, 0.717) is 16.6 Å². The van der Waals surface area contributed by atoms with E-state index in [1.54, 1.807) is 31.9 Å². The van der Waals surface area contributed by atoms with Crippen LogP contribution in [0, 0.1) is 25.2 Å². The van der Waals surface area contributed by atoms with Crippen LogP contribution in [0.4, 0.5) is 5.13 Å². The van der Waals surface area contributed by atoms with Gasteiger partial charge in [0.1, 0.15) is 23.1 Å². The average molecular weight is 408 g/mol. The monoisotopic (exact) mass is 408 g/mol.